The molecule has 0 radical (unpaired) electrons. The Kier molecular flexibility index (Phi) is 4.34. The van der Waals surface area contributed by atoms with Crippen molar-refractivity contribution < 1.29 is 9.50 Å². The normalized spacial score (nSPS) is 18.4. The molecular weight excluding hydrogens is 419 g/mol. The van der Waals surface area contributed by atoms with E-state index < -0.39 is 0 Å². The highest BCUT2D eigenvalue weighted by Crippen LogP contribution is 2.38. The molecule has 2 aliphatic rings. The number of halogens is 2. The summed E-state index contributed by atoms with van der Waals surface area (Å²) in [5.74, 6) is 0.113. The van der Waals surface area contributed by atoms with E-state index in [0.717, 1.165) is 37.1 Å². The lowest BCUT2D eigenvalue weighted by atomic mass is 10.1. The first kappa shape index (κ1) is 18.9. The number of rotatable bonds is 5. The van der Waals surface area contributed by atoms with E-state index in [-0.39, 0.29) is 18.1 Å². The van der Waals surface area contributed by atoms with Crippen LogP contribution in [0.25, 0.3) is 27.8 Å². The fourth-order valence-electron chi connectivity index (χ4n) is 4.31. The van der Waals surface area contributed by atoms with Crippen LogP contribution in [0, 0.1) is 11.7 Å². The van der Waals surface area contributed by atoms with Crippen LogP contribution >= 0.6 is 11.6 Å². The maximum absolute atomic E-state index is 13.8. The highest BCUT2D eigenvalue weighted by atomic mass is 35.5. The Morgan fingerprint density at radius 2 is 2.00 bits per heavy atom. The zero-order valence-corrected chi connectivity index (χ0v) is 17.3. The Hall–Kier alpha value is -2.81. The van der Waals surface area contributed by atoms with Crippen molar-refractivity contribution in [3.8, 4) is 16.8 Å². The molecule has 1 unspecified atom stereocenters. The molecule has 3 aromatic heterocycles. The van der Waals surface area contributed by atoms with Crippen molar-refractivity contribution in [1.82, 2.24) is 29.2 Å². The van der Waals surface area contributed by atoms with E-state index in [1.807, 2.05) is 27.7 Å². The minimum absolute atomic E-state index is 0.227. The van der Waals surface area contributed by atoms with Crippen molar-refractivity contribution in [2.45, 2.75) is 25.1 Å². The van der Waals surface area contributed by atoms with E-state index in [9.17, 15) is 9.50 Å². The molecule has 0 spiro atoms. The molecule has 7 nitrogen and oxygen atoms in total. The van der Waals surface area contributed by atoms with Gasteiger partial charge in [0.15, 0.2) is 0 Å². The Bertz CT molecular complexity index is 1280. The lowest BCUT2D eigenvalue weighted by Crippen LogP contribution is -2.53. The molecule has 1 aliphatic carbocycles. The predicted molar refractivity (Wildman–Crippen MR) is 114 cm³/mol. The van der Waals surface area contributed by atoms with Gasteiger partial charge < -0.3 is 9.67 Å². The number of nitrogens with zero attached hydrogens (tertiary/aromatic N) is 6. The quantitative estimate of drug-likeness (QED) is 0.481. The van der Waals surface area contributed by atoms with Crippen LogP contribution < -0.4 is 0 Å². The number of likely N-dealkylation sites (tertiary alicyclic amines) is 1. The van der Waals surface area contributed by atoms with Gasteiger partial charge in [0.1, 0.15) is 29.2 Å². The number of hydrogen-bond donors (Lipinski definition) is 1. The van der Waals surface area contributed by atoms with Crippen LogP contribution in [0.15, 0.2) is 49.2 Å². The third-order valence-corrected chi connectivity index (χ3v) is 6.50. The van der Waals surface area contributed by atoms with Crippen LogP contribution in [0.3, 0.4) is 0 Å². The maximum Gasteiger partial charge on any atom is 0.150 e. The Morgan fingerprint density at radius 1 is 1.16 bits per heavy atom. The zero-order valence-electron chi connectivity index (χ0n) is 16.6. The number of aliphatic hydroxyl groups excluding tert-OH is 1. The topological polar surface area (TPSA) is 72.0 Å². The van der Waals surface area contributed by atoms with Crippen molar-refractivity contribution in [2.24, 2.45) is 5.92 Å². The summed E-state index contributed by atoms with van der Waals surface area (Å²) in [6.07, 6.45) is 8.99. The molecule has 0 bridgehead atoms. The van der Waals surface area contributed by atoms with Crippen LogP contribution in [0.5, 0.6) is 0 Å². The Morgan fingerprint density at radius 3 is 2.77 bits per heavy atom. The van der Waals surface area contributed by atoms with Crippen LogP contribution in [0.4, 0.5) is 4.39 Å². The molecule has 1 saturated carbocycles. The lowest BCUT2D eigenvalue weighted by molar-refractivity contribution is -0.0745. The van der Waals surface area contributed by atoms with Gasteiger partial charge in [0.25, 0.3) is 0 Å². The first-order chi connectivity index (χ1) is 15.1. The van der Waals surface area contributed by atoms with Crippen molar-refractivity contribution in [1.29, 1.82) is 0 Å². The molecule has 0 amide bonds. The van der Waals surface area contributed by atoms with Crippen molar-refractivity contribution >= 4 is 22.6 Å². The molecule has 1 aromatic carbocycles. The Balaban J connectivity index is 1.35. The minimum atomic E-state index is -0.327. The van der Waals surface area contributed by atoms with Gasteiger partial charge in [0.05, 0.1) is 17.6 Å². The second-order valence-electron chi connectivity index (χ2n) is 8.32. The van der Waals surface area contributed by atoms with Gasteiger partial charge in [-0.3, -0.25) is 9.58 Å². The number of fused-ring (bicyclic) bond motifs is 1. The van der Waals surface area contributed by atoms with Crippen molar-refractivity contribution in [3.63, 3.8) is 0 Å². The molecule has 1 atom stereocenters. The minimum Gasteiger partial charge on any atom is -0.378 e. The SMILES string of the molecule is OC(C1CC1)N1CC(n2cc(-c3cn(-c4cccc(F)c4)c4ncnc(Cl)c34)cn2)C1. The Labute approximate surface area is 182 Å². The summed E-state index contributed by atoms with van der Waals surface area (Å²) >= 11 is 6.44. The number of hydrogen-bond acceptors (Lipinski definition) is 5. The van der Waals surface area contributed by atoms with E-state index in [1.54, 1.807) is 12.3 Å². The molecule has 9 heteroatoms. The largest absolute Gasteiger partial charge is 0.378 e. The van der Waals surface area contributed by atoms with Gasteiger partial charge >= 0.3 is 0 Å². The molecule has 158 valence electrons. The molecule has 4 heterocycles. The van der Waals surface area contributed by atoms with Gasteiger partial charge in [-0.2, -0.15) is 5.10 Å². The highest BCUT2D eigenvalue weighted by molar-refractivity contribution is 6.35. The summed E-state index contributed by atoms with van der Waals surface area (Å²) < 4.78 is 17.6. The zero-order chi connectivity index (χ0) is 21.1. The second kappa shape index (κ2) is 7.12. The molecule has 1 N–H and O–H groups in total. The molecule has 4 aromatic rings. The fraction of sp³-hybridized carbons (Fsp3) is 0.318. The summed E-state index contributed by atoms with van der Waals surface area (Å²) in [5.41, 5.74) is 2.99. The van der Waals surface area contributed by atoms with Gasteiger partial charge in [-0.25, -0.2) is 14.4 Å². The summed E-state index contributed by atoms with van der Waals surface area (Å²) in [6.45, 7) is 1.57. The summed E-state index contributed by atoms with van der Waals surface area (Å²) in [5, 5.41) is 15.9. The number of aromatic nitrogens is 5. The van der Waals surface area contributed by atoms with Gasteiger partial charge in [-0.05, 0) is 37.0 Å². The van der Waals surface area contributed by atoms with Crippen LogP contribution in [-0.4, -0.2) is 53.6 Å². The van der Waals surface area contributed by atoms with E-state index in [4.69, 9.17) is 11.6 Å². The summed E-state index contributed by atoms with van der Waals surface area (Å²) in [6, 6.07) is 6.57. The van der Waals surface area contributed by atoms with E-state index in [2.05, 4.69) is 20.0 Å². The van der Waals surface area contributed by atoms with Gasteiger partial charge in [-0.15, -0.1) is 0 Å². The first-order valence-corrected chi connectivity index (χ1v) is 10.7. The standard InChI is InChI=1S/C22H20ClFN6O/c23-20-19-18(11-29(21(19)26-12-25-20)16-3-1-2-15(24)6-16)14-7-27-30(8-14)17-9-28(10-17)22(31)13-4-5-13/h1-3,6-8,11-13,17,22,31H,4-5,9-10H2. The van der Waals surface area contributed by atoms with Crippen molar-refractivity contribution in [2.75, 3.05) is 13.1 Å². The highest BCUT2D eigenvalue weighted by Gasteiger charge is 2.40. The molecule has 2 fully saturated rings. The van der Waals surface area contributed by atoms with Crippen molar-refractivity contribution in [3.05, 3.63) is 60.2 Å². The second-order valence-corrected chi connectivity index (χ2v) is 8.68. The third-order valence-electron chi connectivity index (χ3n) is 6.22. The fourth-order valence-corrected chi connectivity index (χ4v) is 4.54. The average molecular weight is 439 g/mol. The van der Waals surface area contributed by atoms with Gasteiger partial charge in [0.2, 0.25) is 0 Å². The van der Waals surface area contributed by atoms with Gasteiger partial charge in [0, 0.05) is 42.3 Å². The maximum atomic E-state index is 13.8. The predicted octanol–water partition coefficient (Wildman–Crippen LogP) is 3.66. The molecular formula is C22H20ClFN6O. The first-order valence-electron chi connectivity index (χ1n) is 10.3. The monoisotopic (exact) mass is 438 g/mol. The van der Waals surface area contributed by atoms with Crippen LogP contribution in [-0.2, 0) is 0 Å². The average Bonchev–Trinajstić information content (AvgIpc) is 3.34. The molecule has 6 rings (SSSR count). The van der Waals surface area contributed by atoms with Crippen LogP contribution in [0.1, 0.15) is 18.9 Å². The smallest absolute Gasteiger partial charge is 0.150 e. The molecule has 1 aliphatic heterocycles. The van der Waals surface area contributed by atoms with Gasteiger partial charge in [-0.1, -0.05) is 17.7 Å². The number of benzene rings is 1. The summed E-state index contributed by atoms with van der Waals surface area (Å²) in [4.78, 5) is 10.6. The van der Waals surface area contributed by atoms with E-state index >= 15 is 0 Å². The third kappa shape index (κ3) is 3.22. The van der Waals surface area contributed by atoms with Crippen LogP contribution in [0.2, 0.25) is 5.15 Å². The molecule has 31 heavy (non-hydrogen) atoms. The lowest BCUT2D eigenvalue weighted by Gasteiger charge is -2.42. The van der Waals surface area contributed by atoms with E-state index in [1.165, 1.54) is 18.5 Å². The molecule has 1 saturated heterocycles. The van der Waals surface area contributed by atoms with E-state index in [0.29, 0.717) is 27.8 Å². The number of aliphatic hydroxyl groups is 1. The summed E-state index contributed by atoms with van der Waals surface area (Å²) in [7, 11) is 0.